The van der Waals surface area contributed by atoms with Gasteiger partial charge in [0.05, 0.1) is 0 Å². The summed E-state index contributed by atoms with van der Waals surface area (Å²) in [5.41, 5.74) is 0. The third-order valence-corrected chi connectivity index (χ3v) is 0. The van der Waals surface area contributed by atoms with Crippen molar-refractivity contribution in [3.8, 4) is 0 Å². The van der Waals surface area contributed by atoms with Gasteiger partial charge in [-0.3, -0.25) is 0 Å². The average molecular weight is 545 g/mol. The molecule has 0 atom stereocenters. The fraction of sp³-hybridized carbons (Fsp3) is 0. The molecule has 0 N–H and O–H groups in total. The molecule has 0 saturated carbocycles. The van der Waals surface area contributed by atoms with Crippen LogP contribution >= 0.6 is 0 Å². The molecule has 0 aromatic rings. The van der Waals surface area contributed by atoms with Gasteiger partial charge in [-0.25, -0.2) is 0 Å². The predicted octanol–water partition coefficient (Wildman–Crippen LogP) is -0.924. The zero-order valence-electron chi connectivity index (χ0n) is 1.86. The van der Waals surface area contributed by atoms with Gasteiger partial charge in [0.15, 0.2) is 0 Å². The molecule has 25 valence electrons. The van der Waals surface area contributed by atoms with Crippen LogP contribution in [0.1, 0.15) is 0 Å². The smallest absolute Gasteiger partial charge is 0 e. The third-order valence-electron chi connectivity index (χ3n) is 0. The molecule has 0 rings (SSSR count). The van der Waals surface area contributed by atoms with Crippen molar-refractivity contribution in [3.63, 3.8) is 0 Å². The Hall–Kier alpha value is 2.92. The molecular formula is H2IrSbTaTi. The van der Waals surface area contributed by atoms with Crippen molar-refractivity contribution in [2.45, 2.75) is 0 Å². The molecule has 0 amide bonds. The molecule has 4 heteroatoms. The predicted molar refractivity (Wildman–Crippen MR) is 8.54 cm³/mol. The maximum Gasteiger partial charge on any atom is 0 e. The van der Waals surface area contributed by atoms with E-state index in [1.54, 1.807) is 0 Å². The van der Waals surface area contributed by atoms with Crippen LogP contribution in [0.15, 0.2) is 0 Å². The van der Waals surface area contributed by atoms with Crippen molar-refractivity contribution >= 4 is 24.4 Å². The Bertz CT molecular complexity index is 8.00. The molecule has 0 heterocycles. The minimum atomic E-state index is 0. The van der Waals surface area contributed by atoms with Crippen molar-refractivity contribution in [1.29, 1.82) is 0 Å². The molecule has 0 nitrogen and oxygen atoms in total. The molecule has 0 spiro atoms. The van der Waals surface area contributed by atoms with E-state index in [9.17, 15) is 0 Å². The van der Waals surface area contributed by atoms with E-state index in [-0.39, 0.29) is 88.6 Å². The molecule has 0 aromatic heterocycles. The maximum absolute atomic E-state index is 0. The summed E-state index contributed by atoms with van der Waals surface area (Å²) in [5, 5.41) is 0. The van der Waals surface area contributed by atoms with Gasteiger partial charge in [0, 0.05) is 64.2 Å². The van der Waals surface area contributed by atoms with Crippen LogP contribution in [0, 0.1) is 0 Å². The molecule has 0 fully saturated rings. The van der Waals surface area contributed by atoms with Crippen molar-refractivity contribution in [2.24, 2.45) is 0 Å². The van der Waals surface area contributed by atoms with Gasteiger partial charge < -0.3 is 0 Å². The summed E-state index contributed by atoms with van der Waals surface area (Å²) < 4.78 is 0. The van der Waals surface area contributed by atoms with Gasteiger partial charge in [-0.2, -0.15) is 0 Å². The second-order valence-electron chi connectivity index (χ2n) is 0. The van der Waals surface area contributed by atoms with E-state index < -0.39 is 0 Å². The van der Waals surface area contributed by atoms with Gasteiger partial charge >= 0.3 is 24.4 Å². The number of hydrogen-bond acceptors (Lipinski definition) is 0. The van der Waals surface area contributed by atoms with Crippen LogP contribution in [0.2, 0.25) is 0 Å². The van der Waals surface area contributed by atoms with E-state index in [1.165, 1.54) is 0 Å². The summed E-state index contributed by atoms with van der Waals surface area (Å²) in [6.07, 6.45) is 0. The summed E-state index contributed by atoms with van der Waals surface area (Å²) in [7, 11) is 0. The third kappa shape index (κ3) is 8.87. The van der Waals surface area contributed by atoms with Crippen LogP contribution in [-0.4, -0.2) is 24.4 Å². The van der Waals surface area contributed by atoms with Gasteiger partial charge in [0.25, 0.3) is 0 Å². The van der Waals surface area contributed by atoms with Crippen LogP contribution in [0.5, 0.6) is 0 Å². The normalized spacial score (nSPS) is 0. The molecule has 3 radical (unpaired) electrons. The zero-order valence-corrected chi connectivity index (χ0v) is 12.3. The maximum atomic E-state index is 0. The van der Waals surface area contributed by atoms with Crippen LogP contribution in [-0.2, 0) is 64.2 Å². The van der Waals surface area contributed by atoms with E-state index in [0.29, 0.717) is 0 Å². The van der Waals surface area contributed by atoms with E-state index in [0.717, 1.165) is 0 Å². The largest absolute Gasteiger partial charge is 0 e. The second kappa shape index (κ2) is 16.8. The topological polar surface area (TPSA) is 0 Å². The molecule has 4 heavy (non-hydrogen) atoms. The Labute approximate surface area is 87.1 Å². The molecule has 0 aromatic carbocycles. The van der Waals surface area contributed by atoms with Gasteiger partial charge in [-0.15, -0.1) is 0 Å². The molecular weight excluding hydrogens is 543 g/mol. The molecule has 0 aliphatic heterocycles. The molecule has 0 aliphatic rings. The fourth-order valence-electron chi connectivity index (χ4n) is 0. The van der Waals surface area contributed by atoms with Crippen molar-refractivity contribution in [2.75, 3.05) is 0 Å². The Morgan fingerprint density at radius 2 is 1.00 bits per heavy atom. The van der Waals surface area contributed by atoms with Crippen LogP contribution in [0.3, 0.4) is 0 Å². The second-order valence-corrected chi connectivity index (χ2v) is 0. The summed E-state index contributed by atoms with van der Waals surface area (Å²) in [4.78, 5) is 0. The SMILES string of the molecule is [Ir].[SbH2].[Ta].[Ti]. The van der Waals surface area contributed by atoms with Gasteiger partial charge in [-0.1, -0.05) is 0 Å². The Morgan fingerprint density at radius 1 is 1.00 bits per heavy atom. The summed E-state index contributed by atoms with van der Waals surface area (Å²) >= 11 is 0. The molecule has 0 unspecified atom stereocenters. The molecule has 0 saturated heterocycles. The minimum Gasteiger partial charge on any atom is 0 e. The quantitative estimate of drug-likeness (QED) is 0.346. The van der Waals surface area contributed by atoms with E-state index in [2.05, 4.69) is 0 Å². The monoisotopic (exact) mass is 545 g/mol. The first-order valence-electron chi connectivity index (χ1n) is 0. The van der Waals surface area contributed by atoms with Crippen molar-refractivity contribution < 1.29 is 64.2 Å². The zero-order chi connectivity index (χ0) is 0. The van der Waals surface area contributed by atoms with Gasteiger partial charge in [0.1, 0.15) is 0 Å². The van der Waals surface area contributed by atoms with Gasteiger partial charge in [-0.05, 0) is 0 Å². The van der Waals surface area contributed by atoms with Crippen molar-refractivity contribution in [1.82, 2.24) is 0 Å². The van der Waals surface area contributed by atoms with Gasteiger partial charge in [0.2, 0.25) is 0 Å². The van der Waals surface area contributed by atoms with E-state index in [4.69, 9.17) is 0 Å². The first-order chi connectivity index (χ1) is 0. The average Bonchev–Trinajstić information content (AvgIpc) is 0. The van der Waals surface area contributed by atoms with E-state index in [1.807, 2.05) is 0 Å². The Balaban J connectivity index is 0. The number of hydrogen-bond donors (Lipinski definition) is 0. The number of rotatable bonds is 0. The van der Waals surface area contributed by atoms with Crippen LogP contribution in [0.4, 0.5) is 0 Å². The fourth-order valence-corrected chi connectivity index (χ4v) is 0. The first kappa shape index (κ1) is 28.4. The van der Waals surface area contributed by atoms with Crippen molar-refractivity contribution in [3.05, 3.63) is 0 Å². The van der Waals surface area contributed by atoms with Crippen LogP contribution < -0.4 is 0 Å². The minimum absolute atomic E-state index is 0. The standard InChI is InChI=1S/Ir.Sb.Ta.Ti.2H. The van der Waals surface area contributed by atoms with Crippen LogP contribution in [0.25, 0.3) is 0 Å². The first-order valence-corrected chi connectivity index (χ1v) is 0. The molecule has 0 bridgehead atoms. The Morgan fingerprint density at radius 3 is 1.00 bits per heavy atom. The molecule has 0 aliphatic carbocycles. The summed E-state index contributed by atoms with van der Waals surface area (Å²) in [6.45, 7) is 0. The Kier molecular flexibility index (Phi) is 119. The summed E-state index contributed by atoms with van der Waals surface area (Å²) in [6, 6.07) is 0. The summed E-state index contributed by atoms with van der Waals surface area (Å²) in [5.74, 6) is 0. The van der Waals surface area contributed by atoms with E-state index >= 15 is 0 Å².